The Kier molecular flexibility index (Phi) is 6.86. The molecule has 0 spiro atoms. The number of nitrogens with zero attached hydrogens (tertiary/aromatic N) is 2. The number of hydrogen-bond acceptors (Lipinski definition) is 3. The van der Waals surface area contributed by atoms with E-state index >= 15 is 0 Å². The van der Waals surface area contributed by atoms with Crippen LogP contribution in [-0.2, 0) is 9.59 Å². The zero-order valence-electron chi connectivity index (χ0n) is 17.2. The van der Waals surface area contributed by atoms with E-state index in [1.165, 1.54) is 0 Å². The highest BCUT2D eigenvalue weighted by Gasteiger charge is 2.30. The van der Waals surface area contributed by atoms with Gasteiger partial charge in [-0.3, -0.25) is 9.59 Å². The molecule has 1 saturated carbocycles. The maximum absolute atomic E-state index is 12.6. The van der Waals surface area contributed by atoms with E-state index in [2.05, 4.69) is 13.8 Å². The molecule has 2 fully saturated rings. The fourth-order valence-corrected chi connectivity index (χ4v) is 4.26. The van der Waals surface area contributed by atoms with Crippen molar-refractivity contribution in [1.29, 1.82) is 0 Å². The van der Waals surface area contributed by atoms with Gasteiger partial charge in [-0.1, -0.05) is 38.3 Å². The van der Waals surface area contributed by atoms with Gasteiger partial charge in [0.1, 0.15) is 5.75 Å². The Hall–Kier alpha value is -1.75. The van der Waals surface area contributed by atoms with Crippen LogP contribution in [0.25, 0.3) is 0 Å². The molecule has 0 N–H and O–H groups in total. The number of aryl methyl sites for hydroxylation is 1. The molecule has 1 saturated heterocycles. The second-order valence-corrected chi connectivity index (χ2v) is 8.68. The van der Waals surface area contributed by atoms with Gasteiger partial charge in [-0.15, -0.1) is 0 Å². The lowest BCUT2D eigenvalue weighted by molar-refractivity contribution is -0.142. The number of halogens is 1. The SMILES string of the molecule is Cc1cc(OCC(=O)N2CCN(C(=O)C3CCCC3)CC2)c(C(C)C)cc1Cl. The summed E-state index contributed by atoms with van der Waals surface area (Å²) in [6.07, 6.45) is 4.36. The monoisotopic (exact) mass is 406 g/mol. The number of benzene rings is 1. The van der Waals surface area contributed by atoms with Crippen LogP contribution < -0.4 is 4.74 Å². The van der Waals surface area contributed by atoms with Gasteiger partial charge in [0.15, 0.2) is 6.61 Å². The first-order valence-corrected chi connectivity index (χ1v) is 10.7. The van der Waals surface area contributed by atoms with Crippen molar-refractivity contribution >= 4 is 23.4 Å². The lowest BCUT2D eigenvalue weighted by atomic mass is 10.0. The van der Waals surface area contributed by atoms with Crippen molar-refractivity contribution in [3.8, 4) is 5.75 Å². The quantitative estimate of drug-likeness (QED) is 0.742. The van der Waals surface area contributed by atoms with Crippen molar-refractivity contribution < 1.29 is 14.3 Å². The molecule has 28 heavy (non-hydrogen) atoms. The van der Waals surface area contributed by atoms with Gasteiger partial charge in [0.2, 0.25) is 5.91 Å². The molecule has 0 aromatic heterocycles. The molecule has 3 rings (SSSR count). The molecule has 1 heterocycles. The molecule has 1 aliphatic carbocycles. The molecule has 2 aliphatic rings. The lowest BCUT2D eigenvalue weighted by Gasteiger charge is -2.36. The number of amides is 2. The summed E-state index contributed by atoms with van der Waals surface area (Å²) in [7, 11) is 0. The third-order valence-electron chi connectivity index (χ3n) is 5.91. The number of piperazine rings is 1. The average molecular weight is 407 g/mol. The number of rotatable bonds is 5. The highest BCUT2D eigenvalue weighted by Crippen LogP contribution is 2.32. The molecule has 154 valence electrons. The van der Waals surface area contributed by atoms with Gasteiger partial charge in [0.25, 0.3) is 5.91 Å². The molecule has 0 radical (unpaired) electrons. The summed E-state index contributed by atoms with van der Waals surface area (Å²) in [6.45, 7) is 8.51. The summed E-state index contributed by atoms with van der Waals surface area (Å²) in [6, 6.07) is 3.83. The predicted molar refractivity (Wildman–Crippen MR) is 111 cm³/mol. The summed E-state index contributed by atoms with van der Waals surface area (Å²) in [5, 5.41) is 0.713. The maximum atomic E-state index is 12.6. The Labute approximate surface area is 173 Å². The first kappa shape index (κ1) is 21.0. The fourth-order valence-electron chi connectivity index (χ4n) is 4.08. The van der Waals surface area contributed by atoms with E-state index in [1.807, 2.05) is 24.0 Å². The Morgan fingerprint density at radius 3 is 2.32 bits per heavy atom. The minimum absolute atomic E-state index is 0.0113. The molecule has 0 unspecified atom stereocenters. The van der Waals surface area contributed by atoms with E-state index < -0.39 is 0 Å². The molecule has 0 atom stereocenters. The molecule has 5 nitrogen and oxygen atoms in total. The minimum atomic E-state index is -0.0322. The van der Waals surface area contributed by atoms with E-state index in [-0.39, 0.29) is 30.3 Å². The molecule has 1 aromatic rings. The van der Waals surface area contributed by atoms with Crippen LogP contribution in [0, 0.1) is 12.8 Å². The second-order valence-electron chi connectivity index (χ2n) is 8.27. The third-order valence-corrected chi connectivity index (χ3v) is 6.32. The maximum Gasteiger partial charge on any atom is 0.260 e. The van der Waals surface area contributed by atoms with Gasteiger partial charge in [0, 0.05) is 37.1 Å². The summed E-state index contributed by atoms with van der Waals surface area (Å²) in [5.74, 6) is 1.43. The topological polar surface area (TPSA) is 49.9 Å². The first-order chi connectivity index (χ1) is 13.4. The van der Waals surface area contributed by atoms with Gasteiger partial charge >= 0.3 is 0 Å². The van der Waals surface area contributed by atoms with Crippen LogP contribution in [0.4, 0.5) is 0 Å². The van der Waals surface area contributed by atoms with E-state index in [4.69, 9.17) is 16.3 Å². The van der Waals surface area contributed by atoms with Crippen LogP contribution in [0.5, 0.6) is 5.75 Å². The number of carbonyl (C=O) groups is 2. The van der Waals surface area contributed by atoms with Gasteiger partial charge in [-0.25, -0.2) is 0 Å². The van der Waals surface area contributed by atoms with Crippen molar-refractivity contribution in [3.05, 3.63) is 28.3 Å². The zero-order chi connectivity index (χ0) is 20.3. The highest BCUT2D eigenvalue weighted by molar-refractivity contribution is 6.31. The second kappa shape index (κ2) is 9.17. The Morgan fingerprint density at radius 1 is 1.11 bits per heavy atom. The number of hydrogen-bond donors (Lipinski definition) is 0. The first-order valence-electron chi connectivity index (χ1n) is 10.4. The number of carbonyl (C=O) groups excluding carboxylic acids is 2. The van der Waals surface area contributed by atoms with Gasteiger partial charge in [-0.05, 0) is 48.9 Å². The Balaban J connectivity index is 1.52. The third kappa shape index (κ3) is 4.80. The number of ether oxygens (including phenoxy) is 1. The van der Waals surface area contributed by atoms with Crippen LogP contribution in [0.15, 0.2) is 12.1 Å². The van der Waals surface area contributed by atoms with E-state index in [1.54, 1.807) is 4.90 Å². The predicted octanol–water partition coefficient (Wildman–Crippen LogP) is 4.01. The van der Waals surface area contributed by atoms with E-state index in [0.29, 0.717) is 31.2 Å². The minimum Gasteiger partial charge on any atom is -0.483 e. The molecule has 6 heteroatoms. The van der Waals surface area contributed by atoms with Crippen LogP contribution >= 0.6 is 11.6 Å². The van der Waals surface area contributed by atoms with E-state index in [9.17, 15) is 9.59 Å². The van der Waals surface area contributed by atoms with Crippen molar-refractivity contribution in [2.24, 2.45) is 5.92 Å². The van der Waals surface area contributed by atoms with E-state index in [0.717, 1.165) is 42.6 Å². The van der Waals surface area contributed by atoms with Crippen molar-refractivity contribution in [1.82, 2.24) is 9.80 Å². The van der Waals surface area contributed by atoms with Crippen LogP contribution in [0.2, 0.25) is 5.02 Å². The molecule has 0 bridgehead atoms. The summed E-state index contributed by atoms with van der Waals surface area (Å²) < 4.78 is 5.87. The Bertz CT molecular complexity index is 721. The van der Waals surface area contributed by atoms with Crippen LogP contribution in [-0.4, -0.2) is 54.4 Å². The smallest absolute Gasteiger partial charge is 0.260 e. The highest BCUT2D eigenvalue weighted by atomic mass is 35.5. The van der Waals surface area contributed by atoms with Crippen molar-refractivity contribution in [3.63, 3.8) is 0 Å². The lowest BCUT2D eigenvalue weighted by Crippen LogP contribution is -2.52. The zero-order valence-corrected chi connectivity index (χ0v) is 17.9. The largest absolute Gasteiger partial charge is 0.483 e. The standard InChI is InChI=1S/C22H31ClN2O3/c1-15(2)18-13-19(23)16(3)12-20(18)28-14-21(26)24-8-10-25(11-9-24)22(27)17-6-4-5-7-17/h12-13,15,17H,4-11,14H2,1-3H3. The van der Waals surface area contributed by atoms with Gasteiger partial charge in [-0.2, -0.15) is 0 Å². The molecule has 1 aromatic carbocycles. The normalized spacial score (nSPS) is 18.0. The fraction of sp³-hybridized carbons (Fsp3) is 0.636. The molecule has 2 amide bonds. The molecular weight excluding hydrogens is 376 g/mol. The van der Waals surface area contributed by atoms with Crippen molar-refractivity contribution in [2.45, 2.75) is 52.4 Å². The van der Waals surface area contributed by atoms with Crippen LogP contribution in [0.1, 0.15) is 56.6 Å². The van der Waals surface area contributed by atoms with Crippen molar-refractivity contribution in [2.75, 3.05) is 32.8 Å². The Morgan fingerprint density at radius 2 is 1.71 bits per heavy atom. The molecular formula is C22H31ClN2O3. The summed E-state index contributed by atoms with van der Waals surface area (Å²) in [5.41, 5.74) is 1.95. The summed E-state index contributed by atoms with van der Waals surface area (Å²) >= 11 is 6.24. The van der Waals surface area contributed by atoms with Crippen LogP contribution in [0.3, 0.4) is 0 Å². The van der Waals surface area contributed by atoms with Gasteiger partial charge < -0.3 is 14.5 Å². The van der Waals surface area contributed by atoms with Gasteiger partial charge in [0.05, 0.1) is 0 Å². The molecule has 1 aliphatic heterocycles. The average Bonchev–Trinajstić information content (AvgIpc) is 3.22. The summed E-state index contributed by atoms with van der Waals surface area (Å²) in [4.78, 5) is 28.9.